The predicted octanol–water partition coefficient (Wildman–Crippen LogP) is 3.17. The van der Waals surface area contributed by atoms with E-state index in [1.807, 2.05) is 13.1 Å². The molecule has 1 heterocycles. The minimum atomic E-state index is -0.262. The highest BCUT2D eigenvalue weighted by Crippen LogP contribution is 2.46. The molecule has 84 valence electrons. The Balaban J connectivity index is 2.24. The van der Waals surface area contributed by atoms with Crippen LogP contribution in [-0.2, 0) is 6.54 Å². The van der Waals surface area contributed by atoms with E-state index < -0.39 is 0 Å². The van der Waals surface area contributed by atoms with E-state index in [9.17, 15) is 4.39 Å². The van der Waals surface area contributed by atoms with Crippen molar-refractivity contribution in [3.63, 3.8) is 0 Å². The molecule has 16 heavy (non-hydrogen) atoms. The second-order valence-corrected chi connectivity index (χ2v) is 4.36. The van der Waals surface area contributed by atoms with Gasteiger partial charge in [0, 0.05) is 10.9 Å². The molecule has 1 saturated carbocycles. The monoisotopic (exact) mass is 219 g/mol. The van der Waals surface area contributed by atoms with Gasteiger partial charge in [0.25, 0.3) is 0 Å². The fourth-order valence-corrected chi connectivity index (χ4v) is 2.26. The number of hydrogen-bond acceptors (Lipinski definition) is 2. The van der Waals surface area contributed by atoms with E-state index >= 15 is 0 Å². The van der Waals surface area contributed by atoms with Crippen LogP contribution in [0.2, 0.25) is 0 Å². The summed E-state index contributed by atoms with van der Waals surface area (Å²) in [6, 6.07) is 5.16. The lowest BCUT2D eigenvalue weighted by Gasteiger charge is -1.99. The SMILES string of the molecule is CNCc1oc2c(F)cccc2c1C1CC1. The van der Waals surface area contributed by atoms with Crippen molar-refractivity contribution in [3.8, 4) is 0 Å². The van der Waals surface area contributed by atoms with E-state index in [0.29, 0.717) is 18.0 Å². The van der Waals surface area contributed by atoms with Crippen LogP contribution in [0.3, 0.4) is 0 Å². The number of hydrogen-bond donors (Lipinski definition) is 1. The van der Waals surface area contributed by atoms with Crippen molar-refractivity contribution in [3.05, 3.63) is 35.3 Å². The van der Waals surface area contributed by atoms with Crippen LogP contribution in [-0.4, -0.2) is 7.05 Å². The third-order valence-corrected chi connectivity index (χ3v) is 3.11. The van der Waals surface area contributed by atoms with Gasteiger partial charge in [-0.3, -0.25) is 0 Å². The lowest BCUT2D eigenvalue weighted by molar-refractivity contribution is 0.502. The Hall–Kier alpha value is -1.35. The van der Waals surface area contributed by atoms with Crippen LogP contribution in [0.25, 0.3) is 11.0 Å². The van der Waals surface area contributed by atoms with E-state index in [1.165, 1.54) is 24.5 Å². The summed E-state index contributed by atoms with van der Waals surface area (Å²) in [7, 11) is 1.88. The zero-order chi connectivity index (χ0) is 11.1. The average Bonchev–Trinajstić information content (AvgIpc) is 3.02. The van der Waals surface area contributed by atoms with Crippen LogP contribution < -0.4 is 5.32 Å². The fourth-order valence-electron chi connectivity index (χ4n) is 2.26. The zero-order valence-electron chi connectivity index (χ0n) is 9.22. The van der Waals surface area contributed by atoms with E-state index in [-0.39, 0.29) is 5.82 Å². The van der Waals surface area contributed by atoms with Crippen LogP contribution in [0.4, 0.5) is 4.39 Å². The molecule has 1 fully saturated rings. The predicted molar refractivity (Wildman–Crippen MR) is 60.9 cm³/mol. The lowest BCUT2D eigenvalue weighted by atomic mass is 10.1. The number of para-hydroxylation sites is 1. The molecule has 0 radical (unpaired) electrons. The highest BCUT2D eigenvalue weighted by atomic mass is 19.1. The molecule has 1 aliphatic carbocycles. The number of furan rings is 1. The van der Waals surface area contributed by atoms with Crippen molar-refractivity contribution < 1.29 is 8.81 Å². The second kappa shape index (κ2) is 3.59. The Labute approximate surface area is 93.4 Å². The third kappa shape index (κ3) is 1.43. The maximum atomic E-state index is 13.6. The molecule has 2 nitrogen and oxygen atoms in total. The van der Waals surface area contributed by atoms with Crippen molar-refractivity contribution in [2.45, 2.75) is 25.3 Å². The van der Waals surface area contributed by atoms with Gasteiger partial charge in [-0.15, -0.1) is 0 Å². The number of nitrogens with one attached hydrogen (secondary N) is 1. The summed E-state index contributed by atoms with van der Waals surface area (Å²) < 4.78 is 19.2. The molecule has 3 rings (SSSR count). The molecule has 0 spiro atoms. The molecule has 0 aliphatic heterocycles. The second-order valence-electron chi connectivity index (χ2n) is 4.36. The molecule has 1 aromatic carbocycles. The van der Waals surface area contributed by atoms with Crippen molar-refractivity contribution in [2.75, 3.05) is 7.05 Å². The molecule has 0 unspecified atom stereocenters. The van der Waals surface area contributed by atoms with Gasteiger partial charge in [0.2, 0.25) is 0 Å². The smallest absolute Gasteiger partial charge is 0.170 e. The summed E-state index contributed by atoms with van der Waals surface area (Å²) in [5.41, 5.74) is 1.62. The van der Waals surface area contributed by atoms with Crippen LogP contribution in [0, 0.1) is 5.82 Å². The van der Waals surface area contributed by atoms with Crippen molar-refractivity contribution >= 4 is 11.0 Å². The first-order valence-electron chi connectivity index (χ1n) is 5.65. The first-order valence-corrected chi connectivity index (χ1v) is 5.65. The third-order valence-electron chi connectivity index (χ3n) is 3.11. The van der Waals surface area contributed by atoms with Gasteiger partial charge >= 0.3 is 0 Å². The van der Waals surface area contributed by atoms with E-state index in [1.54, 1.807) is 6.07 Å². The standard InChI is InChI=1S/C13H14FNO/c1-15-7-11-12(8-5-6-8)9-3-2-4-10(14)13(9)16-11/h2-4,8,15H,5-7H2,1H3. The highest BCUT2D eigenvalue weighted by molar-refractivity contribution is 5.83. The van der Waals surface area contributed by atoms with Crippen molar-refractivity contribution in [1.29, 1.82) is 0 Å². The number of benzene rings is 1. The van der Waals surface area contributed by atoms with Gasteiger partial charge in [0.05, 0.1) is 6.54 Å². The number of halogens is 1. The Morgan fingerprint density at radius 2 is 2.25 bits per heavy atom. The quantitative estimate of drug-likeness (QED) is 0.857. The van der Waals surface area contributed by atoms with Gasteiger partial charge in [-0.2, -0.15) is 0 Å². The molecule has 0 atom stereocenters. The van der Waals surface area contributed by atoms with Gasteiger partial charge in [0.15, 0.2) is 11.4 Å². The normalized spacial score (nSPS) is 15.9. The van der Waals surface area contributed by atoms with Crippen LogP contribution in [0.15, 0.2) is 22.6 Å². The minimum absolute atomic E-state index is 0.262. The summed E-state index contributed by atoms with van der Waals surface area (Å²) in [5, 5.41) is 4.02. The summed E-state index contributed by atoms with van der Waals surface area (Å²) in [6.45, 7) is 0.667. The molecule has 0 saturated heterocycles. The molecule has 0 amide bonds. The molecule has 1 N–H and O–H groups in total. The molecule has 1 aliphatic rings. The Bertz CT molecular complexity index is 528. The number of fused-ring (bicyclic) bond motifs is 1. The van der Waals surface area contributed by atoms with Crippen molar-refractivity contribution in [2.24, 2.45) is 0 Å². The minimum Gasteiger partial charge on any atom is -0.456 e. The molecule has 2 aromatic rings. The average molecular weight is 219 g/mol. The summed E-state index contributed by atoms with van der Waals surface area (Å²) in [5.74, 6) is 1.21. The topological polar surface area (TPSA) is 25.2 Å². The van der Waals surface area contributed by atoms with Gasteiger partial charge < -0.3 is 9.73 Å². The summed E-state index contributed by atoms with van der Waals surface area (Å²) in [6.07, 6.45) is 2.39. The zero-order valence-corrected chi connectivity index (χ0v) is 9.22. The highest BCUT2D eigenvalue weighted by Gasteiger charge is 2.31. The Morgan fingerprint density at radius 1 is 1.44 bits per heavy atom. The molecular weight excluding hydrogens is 205 g/mol. The molecular formula is C13H14FNO. The summed E-state index contributed by atoms with van der Waals surface area (Å²) in [4.78, 5) is 0. The van der Waals surface area contributed by atoms with Crippen LogP contribution in [0.1, 0.15) is 30.1 Å². The maximum absolute atomic E-state index is 13.6. The Morgan fingerprint density at radius 3 is 2.94 bits per heavy atom. The number of rotatable bonds is 3. The molecule has 1 aromatic heterocycles. The first kappa shape index (κ1) is 9.85. The molecule has 3 heteroatoms. The van der Waals surface area contributed by atoms with Gasteiger partial charge in [0.1, 0.15) is 5.76 Å². The van der Waals surface area contributed by atoms with Gasteiger partial charge in [-0.25, -0.2) is 4.39 Å². The van der Waals surface area contributed by atoms with Gasteiger partial charge in [-0.05, 0) is 31.9 Å². The van der Waals surface area contributed by atoms with Crippen LogP contribution >= 0.6 is 0 Å². The van der Waals surface area contributed by atoms with Crippen molar-refractivity contribution in [1.82, 2.24) is 5.32 Å². The van der Waals surface area contributed by atoms with Crippen LogP contribution in [0.5, 0.6) is 0 Å². The molecule has 0 bridgehead atoms. The van der Waals surface area contributed by atoms with E-state index in [2.05, 4.69) is 5.32 Å². The first-order chi connectivity index (χ1) is 7.81. The van der Waals surface area contributed by atoms with E-state index in [4.69, 9.17) is 4.42 Å². The maximum Gasteiger partial charge on any atom is 0.170 e. The lowest BCUT2D eigenvalue weighted by Crippen LogP contribution is -2.05. The summed E-state index contributed by atoms with van der Waals surface area (Å²) >= 11 is 0. The largest absolute Gasteiger partial charge is 0.456 e. The van der Waals surface area contributed by atoms with E-state index in [0.717, 1.165) is 11.1 Å². The van der Waals surface area contributed by atoms with Gasteiger partial charge in [-0.1, -0.05) is 12.1 Å². The fraction of sp³-hybridized carbons (Fsp3) is 0.385. The Kier molecular flexibility index (Phi) is 2.21.